The highest BCUT2D eigenvalue weighted by molar-refractivity contribution is 6.06. The Labute approximate surface area is 115 Å². The van der Waals surface area contributed by atoms with Crippen molar-refractivity contribution in [1.82, 2.24) is 0 Å². The van der Waals surface area contributed by atoms with Crippen LogP contribution >= 0.6 is 0 Å². The van der Waals surface area contributed by atoms with Gasteiger partial charge < -0.3 is 15.5 Å². The Hall–Kier alpha value is -2.82. The maximum absolute atomic E-state index is 12.0. The van der Waals surface area contributed by atoms with Crippen LogP contribution in [0.25, 0.3) is 0 Å². The first-order valence-corrected chi connectivity index (χ1v) is 5.92. The number of carbonyl (C=O) groups excluding carboxylic acids is 1. The number of aromatic carboxylic acids is 1. The van der Waals surface area contributed by atoms with E-state index in [0.29, 0.717) is 11.3 Å². The van der Waals surface area contributed by atoms with E-state index >= 15 is 0 Å². The largest absolute Gasteiger partial charge is 0.507 e. The Bertz CT molecular complexity index is 679. The second-order valence-corrected chi connectivity index (χ2v) is 4.31. The van der Waals surface area contributed by atoms with E-state index < -0.39 is 11.9 Å². The van der Waals surface area contributed by atoms with Gasteiger partial charge in [-0.2, -0.15) is 0 Å². The SMILES string of the molecule is Cc1ccc(NC(=O)c2ccccc2O)cc1C(=O)O. The number of rotatable bonds is 3. The van der Waals surface area contributed by atoms with Gasteiger partial charge in [-0.25, -0.2) is 4.79 Å². The lowest BCUT2D eigenvalue weighted by molar-refractivity contribution is 0.0695. The third-order valence-corrected chi connectivity index (χ3v) is 2.87. The smallest absolute Gasteiger partial charge is 0.336 e. The Kier molecular flexibility index (Phi) is 3.70. The van der Waals surface area contributed by atoms with Gasteiger partial charge in [0.15, 0.2) is 0 Å². The average molecular weight is 271 g/mol. The van der Waals surface area contributed by atoms with Gasteiger partial charge in [-0.3, -0.25) is 4.79 Å². The predicted molar refractivity (Wildman–Crippen MR) is 74.2 cm³/mol. The summed E-state index contributed by atoms with van der Waals surface area (Å²) in [7, 11) is 0. The quantitative estimate of drug-likeness (QED) is 0.801. The first kappa shape index (κ1) is 13.6. The lowest BCUT2D eigenvalue weighted by atomic mass is 10.1. The minimum absolute atomic E-state index is 0.125. The van der Waals surface area contributed by atoms with E-state index in [9.17, 15) is 14.7 Å². The molecule has 0 spiro atoms. The summed E-state index contributed by atoms with van der Waals surface area (Å²) in [6.45, 7) is 1.68. The number of anilines is 1. The number of nitrogens with one attached hydrogen (secondary N) is 1. The van der Waals surface area contributed by atoms with Gasteiger partial charge in [-0.1, -0.05) is 18.2 Å². The van der Waals surface area contributed by atoms with E-state index in [1.165, 1.54) is 18.2 Å². The molecule has 0 aromatic heterocycles. The van der Waals surface area contributed by atoms with E-state index in [1.807, 2.05) is 0 Å². The predicted octanol–water partition coefficient (Wildman–Crippen LogP) is 2.65. The number of hydrogen-bond donors (Lipinski definition) is 3. The van der Waals surface area contributed by atoms with Crippen LogP contribution in [0.3, 0.4) is 0 Å². The van der Waals surface area contributed by atoms with Crippen LogP contribution in [0.5, 0.6) is 5.75 Å². The number of carboxylic acid groups (broad SMARTS) is 1. The topological polar surface area (TPSA) is 86.6 Å². The number of para-hydroxylation sites is 1. The van der Waals surface area contributed by atoms with Crippen LogP contribution in [0, 0.1) is 6.92 Å². The van der Waals surface area contributed by atoms with Crippen molar-refractivity contribution in [2.75, 3.05) is 5.32 Å². The highest BCUT2D eigenvalue weighted by Crippen LogP contribution is 2.19. The number of hydrogen-bond acceptors (Lipinski definition) is 3. The molecule has 0 unspecified atom stereocenters. The fourth-order valence-corrected chi connectivity index (χ4v) is 1.79. The molecule has 0 fully saturated rings. The van der Waals surface area contributed by atoms with Crippen LogP contribution in [-0.2, 0) is 0 Å². The summed E-state index contributed by atoms with van der Waals surface area (Å²) in [6, 6.07) is 10.7. The molecule has 0 aliphatic rings. The molecule has 0 aliphatic carbocycles. The van der Waals surface area contributed by atoms with E-state index in [2.05, 4.69) is 5.32 Å². The van der Waals surface area contributed by atoms with E-state index in [1.54, 1.807) is 31.2 Å². The molecule has 102 valence electrons. The number of phenolic OH excluding ortho intramolecular Hbond substituents is 1. The summed E-state index contributed by atoms with van der Waals surface area (Å²) in [6.07, 6.45) is 0. The maximum Gasteiger partial charge on any atom is 0.336 e. The number of carbonyl (C=O) groups is 2. The van der Waals surface area contributed by atoms with Crippen LogP contribution in [-0.4, -0.2) is 22.1 Å². The zero-order valence-electron chi connectivity index (χ0n) is 10.8. The Morgan fingerprint density at radius 1 is 1.05 bits per heavy atom. The number of phenols is 1. The van der Waals surface area contributed by atoms with Crippen LogP contribution in [0.4, 0.5) is 5.69 Å². The lowest BCUT2D eigenvalue weighted by Crippen LogP contribution is -2.13. The fraction of sp³-hybridized carbons (Fsp3) is 0.0667. The summed E-state index contributed by atoms with van der Waals surface area (Å²) in [4.78, 5) is 23.0. The Morgan fingerprint density at radius 2 is 1.75 bits per heavy atom. The molecule has 0 aliphatic heterocycles. The van der Waals surface area contributed by atoms with Crippen LogP contribution < -0.4 is 5.32 Å². The molecule has 20 heavy (non-hydrogen) atoms. The molecule has 3 N–H and O–H groups in total. The zero-order chi connectivity index (χ0) is 14.7. The molecular formula is C15H13NO4. The minimum Gasteiger partial charge on any atom is -0.507 e. The molecule has 0 saturated heterocycles. The van der Waals surface area contributed by atoms with E-state index in [0.717, 1.165) is 0 Å². The second-order valence-electron chi connectivity index (χ2n) is 4.31. The van der Waals surface area contributed by atoms with Crippen molar-refractivity contribution in [3.05, 3.63) is 59.2 Å². The molecular weight excluding hydrogens is 258 g/mol. The highest BCUT2D eigenvalue weighted by Gasteiger charge is 2.12. The van der Waals surface area contributed by atoms with Crippen LogP contribution in [0.15, 0.2) is 42.5 Å². The molecule has 2 rings (SSSR count). The van der Waals surface area contributed by atoms with E-state index in [4.69, 9.17) is 5.11 Å². The van der Waals surface area contributed by atoms with Crippen molar-refractivity contribution < 1.29 is 19.8 Å². The first-order valence-electron chi connectivity index (χ1n) is 5.92. The Morgan fingerprint density at radius 3 is 2.40 bits per heavy atom. The third kappa shape index (κ3) is 2.77. The lowest BCUT2D eigenvalue weighted by Gasteiger charge is -2.08. The summed E-state index contributed by atoms with van der Waals surface area (Å²) in [5.41, 5.74) is 1.23. The van der Waals surface area contributed by atoms with Gasteiger partial charge in [-0.15, -0.1) is 0 Å². The summed E-state index contributed by atoms with van der Waals surface area (Å²) in [5.74, 6) is -1.68. The zero-order valence-corrected chi connectivity index (χ0v) is 10.8. The third-order valence-electron chi connectivity index (χ3n) is 2.87. The van der Waals surface area contributed by atoms with Gasteiger partial charge in [0.1, 0.15) is 5.75 Å². The molecule has 2 aromatic rings. The van der Waals surface area contributed by atoms with Crippen molar-refractivity contribution in [2.45, 2.75) is 6.92 Å². The molecule has 0 heterocycles. The molecule has 5 heteroatoms. The van der Waals surface area contributed by atoms with Gasteiger partial charge in [0.25, 0.3) is 5.91 Å². The average Bonchev–Trinajstić information content (AvgIpc) is 2.41. The molecule has 1 amide bonds. The number of benzene rings is 2. The molecule has 2 aromatic carbocycles. The molecule has 0 atom stereocenters. The number of aromatic hydroxyl groups is 1. The molecule has 0 radical (unpaired) electrons. The normalized spacial score (nSPS) is 10.1. The standard InChI is InChI=1S/C15H13NO4/c1-9-6-7-10(8-12(9)15(19)20)16-14(18)11-4-2-3-5-13(11)17/h2-8,17H,1H3,(H,16,18)(H,19,20). The molecule has 5 nitrogen and oxygen atoms in total. The van der Waals surface area contributed by atoms with Gasteiger partial charge in [0.05, 0.1) is 11.1 Å². The van der Waals surface area contributed by atoms with Gasteiger partial charge in [0.2, 0.25) is 0 Å². The van der Waals surface area contributed by atoms with Crippen molar-refractivity contribution in [3.63, 3.8) is 0 Å². The van der Waals surface area contributed by atoms with Crippen molar-refractivity contribution >= 4 is 17.6 Å². The summed E-state index contributed by atoms with van der Waals surface area (Å²) >= 11 is 0. The van der Waals surface area contributed by atoms with Gasteiger partial charge in [-0.05, 0) is 36.8 Å². The first-order chi connectivity index (χ1) is 9.49. The summed E-state index contributed by atoms with van der Waals surface area (Å²) < 4.78 is 0. The second kappa shape index (κ2) is 5.44. The van der Waals surface area contributed by atoms with Crippen LogP contribution in [0.2, 0.25) is 0 Å². The molecule has 0 saturated carbocycles. The Balaban J connectivity index is 2.27. The van der Waals surface area contributed by atoms with Crippen molar-refractivity contribution in [1.29, 1.82) is 0 Å². The van der Waals surface area contributed by atoms with Crippen LogP contribution in [0.1, 0.15) is 26.3 Å². The maximum atomic E-state index is 12.0. The number of amides is 1. The van der Waals surface area contributed by atoms with Gasteiger partial charge >= 0.3 is 5.97 Å². The number of aryl methyl sites for hydroxylation is 1. The highest BCUT2D eigenvalue weighted by atomic mass is 16.4. The van der Waals surface area contributed by atoms with Crippen molar-refractivity contribution in [3.8, 4) is 5.75 Å². The minimum atomic E-state index is -1.05. The number of carboxylic acids is 1. The monoisotopic (exact) mass is 271 g/mol. The van der Waals surface area contributed by atoms with E-state index in [-0.39, 0.29) is 16.9 Å². The fourth-order valence-electron chi connectivity index (χ4n) is 1.79. The summed E-state index contributed by atoms with van der Waals surface area (Å²) in [5, 5.41) is 21.2. The molecule has 0 bridgehead atoms. The van der Waals surface area contributed by atoms with Gasteiger partial charge in [0, 0.05) is 5.69 Å². The van der Waals surface area contributed by atoms with Crippen molar-refractivity contribution in [2.24, 2.45) is 0 Å².